The van der Waals surface area contributed by atoms with Crippen LogP contribution in [0.25, 0.3) is 0 Å². The van der Waals surface area contributed by atoms with Gasteiger partial charge in [0.1, 0.15) is 0 Å². The van der Waals surface area contributed by atoms with E-state index in [9.17, 15) is 4.79 Å². The minimum atomic E-state index is 0.144. The summed E-state index contributed by atoms with van der Waals surface area (Å²) in [4.78, 5) is 11.7. The molecule has 0 bridgehead atoms. The SMILES string of the molecule is CCCCCCCCCCCC(=O)NCC1CNCCO1. The Hall–Kier alpha value is -0.610. The lowest BCUT2D eigenvalue weighted by atomic mass is 10.1. The summed E-state index contributed by atoms with van der Waals surface area (Å²) in [7, 11) is 0. The first-order valence-electron chi connectivity index (χ1n) is 8.92. The highest BCUT2D eigenvalue weighted by Gasteiger charge is 2.13. The van der Waals surface area contributed by atoms with Gasteiger partial charge in [-0.3, -0.25) is 4.79 Å². The summed E-state index contributed by atoms with van der Waals surface area (Å²) in [6.45, 7) is 5.41. The molecule has 0 spiro atoms. The second-order valence-electron chi connectivity index (χ2n) is 6.08. The molecule has 1 fully saturated rings. The van der Waals surface area contributed by atoms with Crippen molar-refractivity contribution in [3.05, 3.63) is 0 Å². The second kappa shape index (κ2) is 13.1. The molecule has 1 atom stereocenters. The van der Waals surface area contributed by atoms with Crippen molar-refractivity contribution in [1.29, 1.82) is 0 Å². The average molecular weight is 298 g/mol. The number of ether oxygens (including phenoxy) is 1. The highest BCUT2D eigenvalue weighted by Crippen LogP contribution is 2.10. The lowest BCUT2D eigenvalue weighted by molar-refractivity contribution is -0.122. The minimum Gasteiger partial charge on any atom is -0.374 e. The van der Waals surface area contributed by atoms with Crippen LogP contribution < -0.4 is 10.6 Å². The third-order valence-electron chi connectivity index (χ3n) is 4.04. The first-order valence-corrected chi connectivity index (χ1v) is 8.92. The predicted molar refractivity (Wildman–Crippen MR) is 87.5 cm³/mol. The highest BCUT2D eigenvalue weighted by molar-refractivity contribution is 5.75. The van der Waals surface area contributed by atoms with Gasteiger partial charge in [-0.25, -0.2) is 0 Å². The van der Waals surface area contributed by atoms with Crippen LogP contribution in [0.2, 0.25) is 0 Å². The number of carbonyl (C=O) groups excluding carboxylic acids is 1. The minimum absolute atomic E-state index is 0.144. The average Bonchev–Trinajstić information content (AvgIpc) is 2.52. The Morgan fingerprint density at radius 2 is 1.76 bits per heavy atom. The summed E-state index contributed by atoms with van der Waals surface area (Å²) < 4.78 is 5.55. The van der Waals surface area contributed by atoms with Crippen molar-refractivity contribution in [3.8, 4) is 0 Å². The lowest BCUT2D eigenvalue weighted by Crippen LogP contribution is -2.45. The van der Waals surface area contributed by atoms with Gasteiger partial charge in [0.25, 0.3) is 0 Å². The first kappa shape index (κ1) is 18.4. The molecule has 21 heavy (non-hydrogen) atoms. The summed E-state index contributed by atoms with van der Waals surface area (Å²) in [5, 5.41) is 6.24. The largest absolute Gasteiger partial charge is 0.374 e. The molecule has 0 radical (unpaired) electrons. The quantitative estimate of drug-likeness (QED) is 0.545. The topological polar surface area (TPSA) is 50.4 Å². The molecule has 1 aliphatic heterocycles. The Balaban J connectivity index is 1.82. The maximum atomic E-state index is 11.7. The number of hydrogen-bond acceptors (Lipinski definition) is 3. The van der Waals surface area contributed by atoms with Crippen LogP contribution in [0.4, 0.5) is 0 Å². The summed E-state index contributed by atoms with van der Waals surface area (Å²) in [6.07, 6.45) is 12.4. The fourth-order valence-corrected chi connectivity index (χ4v) is 2.66. The Bertz CT molecular complexity index is 253. The molecule has 1 amide bonds. The van der Waals surface area contributed by atoms with Gasteiger partial charge in [-0.2, -0.15) is 0 Å². The Labute approximate surface area is 130 Å². The second-order valence-corrected chi connectivity index (χ2v) is 6.08. The molecule has 4 heteroatoms. The van der Waals surface area contributed by atoms with Crippen LogP contribution in [0.5, 0.6) is 0 Å². The number of hydrogen-bond donors (Lipinski definition) is 2. The van der Waals surface area contributed by atoms with Crippen LogP contribution in [0, 0.1) is 0 Å². The first-order chi connectivity index (χ1) is 10.3. The van der Waals surface area contributed by atoms with Crippen LogP contribution in [0.1, 0.15) is 71.1 Å². The summed E-state index contributed by atoms with van der Waals surface area (Å²) in [5.74, 6) is 0.173. The van der Waals surface area contributed by atoms with Gasteiger partial charge >= 0.3 is 0 Å². The third-order valence-corrected chi connectivity index (χ3v) is 4.04. The number of nitrogens with one attached hydrogen (secondary N) is 2. The molecule has 1 saturated heterocycles. The molecule has 4 nitrogen and oxygen atoms in total. The maximum absolute atomic E-state index is 11.7. The predicted octanol–water partition coefficient (Wildman–Crippen LogP) is 3.01. The van der Waals surface area contributed by atoms with Crippen molar-refractivity contribution in [3.63, 3.8) is 0 Å². The molecule has 0 aromatic carbocycles. The zero-order chi connectivity index (χ0) is 15.2. The summed E-state index contributed by atoms with van der Waals surface area (Å²) in [6, 6.07) is 0. The molecular weight excluding hydrogens is 264 g/mol. The van der Waals surface area contributed by atoms with Crippen molar-refractivity contribution in [1.82, 2.24) is 10.6 Å². The van der Waals surface area contributed by atoms with Gasteiger partial charge in [0.05, 0.1) is 12.7 Å². The van der Waals surface area contributed by atoms with Crippen LogP contribution in [-0.4, -0.2) is 38.3 Å². The van der Waals surface area contributed by atoms with Crippen LogP contribution >= 0.6 is 0 Å². The third kappa shape index (κ3) is 10.7. The van der Waals surface area contributed by atoms with E-state index in [1.165, 1.54) is 51.4 Å². The summed E-state index contributed by atoms with van der Waals surface area (Å²) in [5.41, 5.74) is 0. The Morgan fingerprint density at radius 1 is 1.10 bits per heavy atom. The summed E-state index contributed by atoms with van der Waals surface area (Å²) >= 11 is 0. The van der Waals surface area contributed by atoms with E-state index >= 15 is 0 Å². The van der Waals surface area contributed by atoms with E-state index in [4.69, 9.17) is 4.74 Å². The number of morpholine rings is 1. The molecule has 0 aromatic heterocycles. The van der Waals surface area contributed by atoms with Crippen LogP contribution in [0.3, 0.4) is 0 Å². The van der Waals surface area contributed by atoms with E-state index in [1.807, 2.05) is 0 Å². The molecule has 1 unspecified atom stereocenters. The van der Waals surface area contributed by atoms with Crippen molar-refractivity contribution in [2.24, 2.45) is 0 Å². The molecular formula is C17H34N2O2. The van der Waals surface area contributed by atoms with E-state index in [1.54, 1.807) is 0 Å². The maximum Gasteiger partial charge on any atom is 0.220 e. The number of unbranched alkanes of at least 4 members (excludes halogenated alkanes) is 8. The van der Waals surface area contributed by atoms with Gasteiger partial charge in [-0.05, 0) is 6.42 Å². The standard InChI is InChI=1S/C17H34N2O2/c1-2-3-4-5-6-7-8-9-10-11-17(20)19-15-16-14-18-12-13-21-16/h16,18H,2-15H2,1H3,(H,19,20). The molecule has 1 rings (SSSR count). The van der Waals surface area contributed by atoms with Gasteiger partial charge in [-0.1, -0.05) is 58.3 Å². The molecule has 1 aliphatic rings. The molecule has 1 heterocycles. The normalized spacial score (nSPS) is 18.6. The van der Waals surface area contributed by atoms with Gasteiger partial charge in [0.15, 0.2) is 0 Å². The Morgan fingerprint density at radius 3 is 2.38 bits per heavy atom. The molecule has 0 saturated carbocycles. The van der Waals surface area contributed by atoms with Crippen molar-refractivity contribution >= 4 is 5.91 Å². The lowest BCUT2D eigenvalue weighted by Gasteiger charge is -2.23. The van der Waals surface area contributed by atoms with E-state index < -0.39 is 0 Å². The van der Waals surface area contributed by atoms with Gasteiger partial charge < -0.3 is 15.4 Å². The van der Waals surface area contributed by atoms with E-state index in [0.29, 0.717) is 13.0 Å². The van der Waals surface area contributed by atoms with Crippen LogP contribution in [0.15, 0.2) is 0 Å². The number of amides is 1. The molecule has 124 valence electrons. The zero-order valence-electron chi connectivity index (χ0n) is 13.8. The number of rotatable bonds is 12. The fraction of sp³-hybridized carbons (Fsp3) is 0.941. The van der Waals surface area contributed by atoms with Crippen molar-refractivity contribution < 1.29 is 9.53 Å². The molecule has 2 N–H and O–H groups in total. The van der Waals surface area contributed by atoms with E-state index in [-0.39, 0.29) is 12.0 Å². The van der Waals surface area contributed by atoms with Crippen molar-refractivity contribution in [2.75, 3.05) is 26.2 Å². The van der Waals surface area contributed by atoms with Gasteiger partial charge in [0, 0.05) is 26.1 Å². The van der Waals surface area contributed by atoms with E-state index in [2.05, 4.69) is 17.6 Å². The van der Waals surface area contributed by atoms with Crippen LogP contribution in [-0.2, 0) is 9.53 Å². The van der Waals surface area contributed by atoms with Gasteiger partial charge in [-0.15, -0.1) is 0 Å². The molecule has 0 aliphatic carbocycles. The Kier molecular flexibility index (Phi) is 11.5. The van der Waals surface area contributed by atoms with E-state index in [0.717, 1.165) is 26.1 Å². The molecule has 0 aromatic rings. The van der Waals surface area contributed by atoms with Gasteiger partial charge in [0.2, 0.25) is 5.91 Å². The van der Waals surface area contributed by atoms with Crippen molar-refractivity contribution in [2.45, 2.75) is 77.2 Å². The monoisotopic (exact) mass is 298 g/mol. The highest BCUT2D eigenvalue weighted by atomic mass is 16.5. The fourth-order valence-electron chi connectivity index (χ4n) is 2.66. The zero-order valence-corrected chi connectivity index (χ0v) is 13.8. The number of carbonyl (C=O) groups is 1. The smallest absolute Gasteiger partial charge is 0.220 e.